The van der Waals surface area contributed by atoms with Gasteiger partial charge in [-0.15, -0.1) is 11.8 Å². The Morgan fingerprint density at radius 3 is 2.36 bits per heavy atom. The first kappa shape index (κ1) is 25.8. The number of hydrogen-bond donors (Lipinski definition) is 1. The summed E-state index contributed by atoms with van der Waals surface area (Å²) in [5, 5.41) is 10.5. The van der Waals surface area contributed by atoms with Crippen molar-refractivity contribution in [3.8, 4) is 0 Å². The van der Waals surface area contributed by atoms with Crippen molar-refractivity contribution in [2.24, 2.45) is 17.8 Å². The highest BCUT2D eigenvalue weighted by Gasteiger charge is 2.74. The third-order valence-electron chi connectivity index (χ3n) is 9.09. The van der Waals surface area contributed by atoms with Gasteiger partial charge in [0.15, 0.2) is 0 Å². The Morgan fingerprint density at radius 2 is 1.69 bits per heavy atom. The van der Waals surface area contributed by atoms with Crippen molar-refractivity contribution < 1.29 is 19.5 Å². The molecule has 0 radical (unpaired) electrons. The van der Waals surface area contributed by atoms with Crippen molar-refractivity contribution in [2.75, 3.05) is 26.7 Å². The molecule has 1 aliphatic carbocycles. The average molecular weight is 516 g/mol. The first-order valence-corrected chi connectivity index (χ1v) is 14.5. The summed E-state index contributed by atoms with van der Waals surface area (Å²) >= 11 is 1.63. The lowest BCUT2D eigenvalue weighted by Gasteiger charge is -2.42. The zero-order valence-electron chi connectivity index (χ0n) is 22.1. The molecule has 0 aromatic rings. The molecule has 7 nitrogen and oxygen atoms in total. The Morgan fingerprint density at radius 1 is 1.00 bits per heavy atom. The van der Waals surface area contributed by atoms with Gasteiger partial charge in [0.1, 0.15) is 6.04 Å². The number of thioether (sulfide) groups is 1. The van der Waals surface area contributed by atoms with Gasteiger partial charge in [-0.05, 0) is 32.1 Å². The first-order chi connectivity index (χ1) is 17.1. The van der Waals surface area contributed by atoms with Crippen LogP contribution in [-0.2, 0) is 14.4 Å². The van der Waals surface area contributed by atoms with E-state index in [0.29, 0.717) is 19.5 Å². The van der Waals surface area contributed by atoms with E-state index < -0.39 is 33.4 Å². The maximum absolute atomic E-state index is 14.5. The normalized spacial score (nSPS) is 37.8. The van der Waals surface area contributed by atoms with Crippen LogP contribution < -0.4 is 0 Å². The number of likely N-dealkylation sites (tertiary alicyclic amines) is 1. The lowest BCUT2D eigenvalue weighted by atomic mass is 9.74. The quantitative estimate of drug-likeness (QED) is 0.570. The van der Waals surface area contributed by atoms with E-state index in [-0.39, 0.29) is 36.3 Å². The molecule has 1 spiro atoms. The Balaban J connectivity index is 1.64. The molecule has 198 valence electrons. The standard InChI is InChI=1S/C28H41N3O4S/c1-18(2)16-20(17-32)31-23-26(35)30(19-10-6-5-7-11-19)15-9-13-28(23)22(25(31)34)21-24(33)29(4)14-8-12-27(21,3)36-28/h8-9,12-13,18-23,32H,5-7,10-11,14-17H2,1-4H3/t20-,21-,22+,23?,27+,28+/m1/s1. The number of hydrogen-bond acceptors (Lipinski definition) is 5. The summed E-state index contributed by atoms with van der Waals surface area (Å²) in [5.41, 5.74) is 0. The Hall–Kier alpha value is -1.80. The van der Waals surface area contributed by atoms with Crippen LogP contribution in [0.3, 0.4) is 0 Å². The van der Waals surface area contributed by atoms with Crippen LogP contribution in [0, 0.1) is 17.8 Å². The molecule has 4 aliphatic heterocycles. The number of amides is 3. The third-order valence-corrected chi connectivity index (χ3v) is 10.9. The molecular weight excluding hydrogens is 474 g/mol. The topological polar surface area (TPSA) is 81.2 Å². The number of fused-ring (bicyclic) bond motifs is 2. The van der Waals surface area contributed by atoms with Crippen LogP contribution in [0.2, 0.25) is 0 Å². The lowest BCUT2D eigenvalue weighted by Crippen LogP contribution is -2.58. The van der Waals surface area contributed by atoms with Crippen molar-refractivity contribution in [3.05, 3.63) is 24.3 Å². The summed E-state index contributed by atoms with van der Waals surface area (Å²) in [6.07, 6.45) is 14.3. The van der Waals surface area contributed by atoms with Gasteiger partial charge in [-0.3, -0.25) is 14.4 Å². The molecule has 36 heavy (non-hydrogen) atoms. The van der Waals surface area contributed by atoms with E-state index in [9.17, 15) is 19.5 Å². The fraction of sp³-hybridized carbons (Fsp3) is 0.750. The van der Waals surface area contributed by atoms with Gasteiger partial charge in [0.25, 0.3) is 0 Å². The fourth-order valence-corrected chi connectivity index (χ4v) is 9.68. The van der Waals surface area contributed by atoms with Crippen molar-refractivity contribution >= 4 is 29.5 Å². The second-order valence-electron chi connectivity index (χ2n) is 12.0. The molecule has 0 bridgehead atoms. The van der Waals surface area contributed by atoms with E-state index in [1.165, 1.54) is 6.42 Å². The Labute approximate surface area is 219 Å². The van der Waals surface area contributed by atoms with Gasteiger partial charge < -0.3 is 19.8 Å². The summed E-state index contributed by atoms with van der Waals surface area (Å²) in [4.78, 5) is 48.1. The summed E-state index contributed by atoms with van der Waals surface area (Å²) in [6.45, 7) is 7.06. The van der Waals surface area contributed by atoms with E-state index in [2.05, 4.69) is 39.0 Å². The molecule has 1 N–H and O–H groups in total. The van der Waals surface area contributed by atoms with Crippen molar-refractivity contribution in [1.82, 2.24) is 14.7 Å². The number of nitrogens with zero attached hydrogens (tertiary/aromatic N) is 3. The monoisotopic (exact) mass is 515 g/mol. The van der Waals surface area contributed by atoms with Crippen LogP contribution >= 0.6 is 11.8 Å². The number of aliphatic hydroxyl groups excluding tert-OH is 1. The van der Waals surface area contributed by atoms with E-state index in [4.69, 9.17) is 0 Å². The Kier molecular flexibility index (Phi) is 6.82. The summed E-state index contributed by atoms with van der Waals surface area (Å²) in [7, 11) is 1.79. The van der Waals surface area contributed by atoms with Crippen molar-refractivity contribution in [1.29, 1.82) is 0 Å². The van der Waals surface area contributed by atoms with Gasteiger partial charge >= 0.3 is 0 Å². The minimum Gasteiger partial charge on any atom is -0.394 e. The molecule has 0 aromatic carbocycles. The van der Waals surface area contributed by atoms with Crippen molar-refractivity contribution in [3.63, 3.8) is 0 Å². The molecule has 4 heterocycles. The number of carbonyl (C=O) groups excluding carboxylic acids is 3. The van der Waals surface area contributed by atoms with Gasteiger partial charge in [0.2, 0.25) is 17.7 Å². The summed E-state index contributed by atoms with van der Waals surface area (Å²) in [5.74, 6) is -1.14. The van der Waals surface area contributed by atoms with Gasteiger partial charge in [0, 0.05) is 30.9 Å². The first-order valence-electron chi connectivity index (χ1n) is 13.7. The number of carbonyl (C=O) groups is 3. The highest BCUT2D eigenvalue weighted by molar-refractivity contribution is 8.02. The van der Waals surface area contributed by atoms with Gasteiger partial charge in [-0.1, -0.05) is 57.4 Å². The number of rotatable bonds is 5. The molecular formula is C28H41N3O4S. The molecule has 8 heteroatoms. The molecule has 3 amide bonds. The minimum atomic E-state index is -0.834. The predicted molar refractivity (Wildman–Crippen MR) is 141 cm³/mol. The molecule has 1 unspecified atom stereocenters. The van der Waals surface area contributed by atoms with E-state index in [1.807, 2.05) is 11.0 Å². The van der Waals surface area contributed by atoms with Crippen LogP contribution in [-0.4, -0.2) is 91.9 Å². The molecule has 5 aliphatic rings. The van der Waals surface area contributed by atoms with Gasteiger partial charge in [-0.25, -0.2) is 0 Å². The maximum Gasteiger partial charge on any atom is 0.247 e. The highest BCUT2D eigenvalue weighted by Crippen LogP contribution is 2.66. The fourth-order valence-electron chi connectivity index (χ4n) is 7.53. The second kappa shape index (κ2) is 9.50. The largest absolute Gasteiger partial charge is 0.394 e. The van der Waals surface area contributed by atoms with Crippen LogP contribution in [0.25, 0.3) is 0 Å². The molecule has 2 saturated heterocycles. The van der Waals surface area contributed by atoms with E-state index in [1.54, 1.807) is 28.6 Å². The highest BCUT2D eigenvalue weighted by atomic mass is 32.2. The zero-order chi connectivity index (χ0) is 25.8. The molecule has 3 fully saturated rings. The van der Waals surface area contributed by atoms with Crippen LogP contribution in [0.15, 0.2) is 24.3 Å². The maximum atomic E-state index is 14.5. The third kappa shape index (κ3) is 3.85. The van der Waals surface area contributed by atoms with E-state index in [0.717, 1.165) is 25.7 Å². The van der Waals surface area contributed by atoms with Gasteiger partial charge in [0.05, 0.1) is 29.2 Å². The zero-order valence-corrected chi connectivity index (χ0v) is 22.9. The summed E-state index contributed by atoms with van der Waals surface area (Å²) in [6, 6.07) is -0.985. The lowest BCUT2D eigenvalue weighted by molar-refractivity contribution is -0.148. The summed E-state index contributed by atoms with van der Waals surface area (Å²) < 4.78 is -1.41. The number of aliphatic hydroxyl groups is 1. The smallest absolute Gasteiger partial charge is 0.247 e. The Bertz CT molecular complexity index is 976. The van der Waals surface area contributed by atoms with Crippen molar-refractivity contribution in [2.45, 2.75) is 86.9 Å². The number of likely N-dealkylation sites (N-methyl/N-ethyl adjacent to an activating group) is 1. The van der Waals surface area contributed by atoms with Crippen LogP contribution in [0.4, 0.5) is 0 Å². The molecule has 6 atom stereocenters. The molecule has 1 saturated carbocycles. The van der Waals surface area contributed by atoms with Crippen LogP contribution in [0.1, 0.15) is 59.3 Å². The average Bonchev–Trinajstić information content (AvgIpc) is 3.13. The van der Waals surface area contributed by atoms with Gasteiger partial charge in [-0.2, -0.15) is 0 Å². The van der Waals surface area contributed by atoms with E-state index >= 15 is 0 Å². The predicted octanol–water partition coefficient (Wildman–Crippen LogP) is 2.84. The van der Waals surface area contributed by atoms with Crippen LogP contribution in [0.5, 0.6) is 0 Å². The SMILES string of the molecule is CC(C)C[C@H](CO)N1C(=O)[C@@H]2[C@@H]3C(=O)N(C)CC=C[C@]3(C)S[C@@]23C=CCN(C2CCCCC2)C(=O)C13. The molecule has 5 rings (SSSR count). The second-order valence-corrected chi connectivity index (χ2v) is 13.8. The molecule has 0 aromatic heterocycles. The minimum absolute atomic E-state index is 0.0118.